The number of aryl methyl sites for hydroxylation is 1. The number of hydrogen-bond donors (Lipinski definition) is 2. The number of nitrogens with zero attached hydrogens (tertiary/aromatic N) is 3. The molecule has 1 aromatic carbocycles. The van der Waals surface area contributed by atoms with Crippen molar-refractivity contribution in [1.29, 1.82) is 0 Å². The van der Waals surface area contributed by atoms with Crippen molar-refractivity contribution in [2.24, 2.45) is 4.99 Å². The Labute approximate surface area is 190 Å². The summed E-state index contributed by atoms with van der Waals surface area (Å²) in [5.74, 6) is 1.02. The van der Waals surface area contributed by atoms with Gasteiger partial charge in [0.15, 0.2) is 5.96 Å². The van der Waals surface area contributed by atoms with Crippen LogP contribution in [0.3, 0.4) is 0 Å². The van der Waals surface area contributed by atoms with Crippen molar-refractivity contribution in [3.05, 3.63) is 59.4 Å². The Balaban J connectivity index is 0.00000300. The molecule has 0 bridgehead atoms. The first kappa shape index (κ1) is 23.1. The van der Waals surface area contributed by atoms with Crippen molar-refractivity contribution in [3.8, 4) is 0 Å². The number of nitrogens with one attached hydrogen (secondary N) is 2. The molecule has 0 atom stereocenters. The van der Waals surface area contributed by atoms with Crippen molar-refractivity contribution >= 4 is 41.5 Å². The Bertz CT molecular complexity index is 805. The maximum Gasteiger partial charge on any atom is 0.227 e. The number of amides is 1. The molecule has 156 valence electrons. The second-order valence-corrected chi connectivity index (χ2v) is 7.00. The summed E-state index contributed by atoms with van der Waals surface area (Å²) in [4.78, 5) is 22.7. The van der Waals surface area contributed by atoms with Gasteiger partial charge in [0.05, 0.1) is 6.54 Å². The fourth-order valence-electron chi connectivity index (χ4n) is 3.19. The summed E-state index contributed by atoms with van der Waals surface area (Å²) in [6, 6.07) is 12.3. The lowest BCUT2D eigenvalue weighted by atomic mass is 10.2. The first-order valence-electron chi connectivity index (χ1n) is 9.98. The van der Waals surface area contributed by atoms with Crippen LogP contribution >= 0.6 is 24.0 Å². The first-order valence-corrected chi connectivity index (χ1v) is 9.98. The number of guanidine groups is 1. The van der Waals surface area contributed by atoms with E-state index in [2.05, 4.69) is 33.6 Å². The largest absolute Gasteiger partial charge is 0.357 e. The van der Waals surface area contributed by atoms with Crippen LogP contribution in [0.15, 0.2) is 47.6 Å². The second kappa shape index (κ2) is 11.7. The fraction of sp³-hybridized carbons (Fsp3) is 0.409. The van der Waals surface area contributed by atoms with Gasteiger partial charge in [0.25, 0.3) is 0 Å². The molecule has 1 amide bonds. The Kier molecular flexibility index (Phi) is 9.37. The molecule has 3 rings (SSSR count). The molecule has 2 aromatic rings. The molecule has 1 aromatic heterocycles. The van der Waals surface area contributed by atoms with Crippen LogP contribution in [0.5, 0.6) is 0 Å². The monoisotopic (exact) mass is 507 g/mol. The molecule has 29 heavy (non-hydrogen) atoms. The van der Waals surface area contributed by atoms with Gasteiger partial charge >= 0.3 is 0 Å². The van der Waals surface area contributed by atoms with Crippen molar-refractivity contribution in [2.75, 3.05) is 24.5 Å². The topological polar surface area (TPSA) is 69.6 Å². The van der Waals surface area contributed by atoms with Gasteiger partial charge in [0, 0.05) is 43.6 Å². The van der Waals surface area contributed by atoms with Gasteiger partial charge in [-0.15, -0.1) is 24.0 Å². The third-order valence-electron chi connectivity index (χ3n) is 4.76. The zero-order chi connectivity index (χ0) is 19.8. The van der Waals surface area contributed by atoms with Crippen LogP contribution in [0.25, 0.3) is 0 Å². The number of hydrogen-bond acceptors (Lipinski definition) is 3. The van der Waals surface area contributed by atoms with Gasteiger partial charge in [0.1, 0.15) is 0 Å². The van der Waals surface area contributed by atoms with E-state index in [9.17, 15) is 4.79 Å². The molecule has 1 aliphatic rings. The van der Waals surface area contributed by atoms with E-state index in [1.807, 2.05) is 48.4 Å². The number of pyridine rings is 1. The third-order valence-corrected chi connectivity index (χ3v) is 4.76. The molecular formula is C22H30IN5O. The number of rotatable bonds is 7. The van der Waals surface area contributed by atoms with E-state index in [1.54, 1.807) is 0 Å². The van der Waals surface area contributed by atoms with E-state index in [1.165, 1.54) is 5.56 Å². The van der Waals surface area contributed by atoms with E-state index in [4.69, 9.17) is 0 Å². The molecule has 6 nitrogen and oxygen atoms in total. The minimum absolute atomic E-state index is 0. The molecule has 2 N–H and O–H groups in total. The third kappa shape index (κ3) is 6.99. The molecule has 0 spiro atoms. The average Bonchev–Trinajstić information content (AvgIpc) is 3.14. The van der Waals surface area contributed by atoms with E-state index in [0.29, 0.717) is 13.0 Å². The van der Waals surface area contributed by atoms with E-state index >= 15 is 0 Å². The number of benzene rings is 1. The number of aromatic nitrogens is 1. The smallest absolute Gasteiger partial charge is 0.227 e. The maximum atomic E-state index is 11.8. The highest BCUT2D eigenvalue weighted by atomic mass is 127. The molecular weight excluding hydrogens is 477 g/mol. The number of carbonyl (C=O) groups is 1. The number of halogens is 1. The molecule has 0 saturated carbocycles. The van der Waals surface area contributed by atoms with Crippen LogP contribution in [-0.2, 0) is 17.8 Å². The predicted molar refractivity (Wildman–Crippen MR) is 129 cm³/mol. The van der Waals surface area contributed by atoms with Crippen molar-refractivity contribution in [1.82, 2.24) is 15.6 Å². The fourth-order valence-corrected chi connectivity index (χ4v) is 3.19. The maximum absolute atomic E-state index is 11.8. The quantitative estimate of drug-likeness (QED) is 0.343. The summed E-state index contributed by atoms with van der Waals surface area (Å²) in [5.41, 5.74) is 4.34. The van der Waals surface area contributed by atoms with Crippen LogP contribution in [0, 0.1) is 6.92 Å². The number of carbonyl (C=O) groups excluding carboxylic acids is 1. The van der Waals surface area contributed by atoms with Crippen LogP contribution in [0.2, 0.25) is 0 Å². The van der Waals surface area contributed by atoms with Crippen molar-refractivity contribution in [2.45, 2.75) is 39.7 Å². The molecule has 1 fully saturated rings. The second-order valence-electron chi connectivity index (χ2n) is 7.00. The van der Waals surface area contributed by atoms with Gasteiger partial charge in [-0.1, -0.05) is 18.2 Å². The van der Waals surface area contributed by atoms with Crippen molar-refractivity contribution < 1.29 is 4.79 Å². The zero-order valence-corrected chi connectivity index (χ0v) is 19.5. The Morgan fingerprint density at radius 1 is 1.14 bits per heavy atom. The summed E-state index contributed by atoms with van der Waals surface area (Å²) >= 11 is 0. The average molecular weight is 507 g/mol. The predicted octanol–water partition coefficient (Wildman–Crippen LogP) is 3.43. The molecule has 0 aliphatic carbocycles. The highest BCUT2D eigenvalue weighted by molar-refractivity contribution is 14.0. The highest BCUT2D eigenvalue weighted by Gasteiger charge is 2.21. The van der Waals surface area contributed by atoms with Gasteiger partial charge in [-0.25, -0.2) is 4.99 Å². The molecule has 2 heterocycles. The Morgan fingerprint density at radius 2 is 1.90 bits per heavy atom. The minimum Gasteiger partial charge on any atom is -0.357 e. The lowest BCUT2D eigenvalue weighted by Crippen LogP contribution is -2.38. The zero-order valence-electron chi connectivity index (χ0n) is 17.1. The standard InChI is InChI=1S/C22H29N5O.HI/c1-3-23-22(24-13-12-19-7-6-17(2)25-15-19)26-16-18-8-10-20(11-9-18)27-14-4-5-21(27)28;/h6-11,15H,3-5,12-14,16H2,1-2H3,(H2,23,24,26);1H. The van der Waals surface area contributed by atoms with Gasteiger partial charge in [0.2, 0.25) is 5.91 Å². The Morgan fingerprint density at radius 3 is 2.52 bits per heavy atom. The number of aliphatic imine (C=N–C) groups is 1. The van der Waals surface area contributed by atoms with Gasteiger partial charge in [-0.05, 0) is 56.0 Å². The van der Waals surface area contributed by atoms with E-state index < -0.39 is 0 Å². The molecule has 1 saturated heterocycles. The van der Waals surface area contributed by atoms with E-state index in [-0.39, 0.29) is 29.9 Å². The molecule has 7 heteroatoms. The highest BCUT2D eigenvalue weighted by Crippen LogP contribution is 2.21. The SMILES string of the molecule is CCNC(=NCc1ccc(N2CCCC2=O)cc1)NCCc1ccc(C)nc1.I. The van der Waals surface area contributed by atoms with Gasteiger partial charge in [-0.3, -0.25) is 9.78 Å². The van der Waals surface area contributed by atoms with Gasteiger partial charge < -0.3 is 15.5 Å². The first-order chi connectivity index (χ1) is 13.7. The van der Waals surface area contributed by atoms with E-state index in [0.717, 1.165) is 55.4 Å². The summed E-state index contributed by atoms with van der Waals surface area (Å²) in [6.45, 7) is 7.08. The van der Waals surface area contributed by atoms with Crippen LogP contribution in [0.4, 0.5) is 5.69 Å². The lowest BCUT2D eigenvalue weighted by Gasteiger charge is -2.16. The van der Waals surface area contributed by atoms with Crippen LogP contribution < -0.4 is 15.5 Å². The summed E-state index contributed by atoms with van der Waals surface area (Å²) in [6.07, 6.45) is 4.42. The Hall–Kier alpha value is -2.16. The summed E-state index contributed by atoms with van der Waals surface area (Å²) in [5, 5.41) is 6.65. The summed E-state index contributed by atoms with van der Waals surface area (Å²) < 4.78 is 0. The van der Waals surface area contributed by atoms with Crippen LogP contribution in [0.1, 0.15) is 36.6 Å². The van der Waals surface area contributed by atoms with Gasteiger partial charge in [-0.2, -0.15) is 0 Å². The normalized spacial score (nSPS) is 13.9. The lowest BCUT2D eigenvalue weighted by molar-refractivity contribution is -0.117. The minimum atomic E-state index is 0. The van der Waals surface area contributed by atoms with Crippen LogP contribution in [-0.4, -0.2) is 36.5 Å². The molecule has 0 radical (unpaired) electrons. The van der Waals surface area contributed by atoms with Crippen molar-refractivity contribution in [3.63, 3.8) is 0 Å². The molecule has 0 unspecified atom stereocenters. The number of anilines is 1. The summed E-state index contributed by atoms with van der Waals surface area (Å²) in [7, 11) is 0. The molecule has 1 aliphatic heterocycles.